The van der Waals surface area contributed by atoms with Crippen LogP contribution in [0.1, 0.15) is 77.5 Å². The van der Waals surface area contributed by atoms with Gasteiger partial charge < -0.3 is 25.0 Å². The highest BCUT2D eigenvalue weighted by Crippen LogP contribution is 2.41. The number of carbonyl (C=O) groups is 5. The molecule has 10 rings (SSSR count). The van der Waals surface area contributed by atoms with Crippen LogP contribution in [0, 0.1) is 5.82 Å². The van der Waals surface area contributed by atoms with Crippen LogP contribution in [0.4, 0.5) is 24.7 Å². The maximum Gasteiger partial charge on any atom is 0.355 e. The molecule has 0 aliphatic carbocycles. The lowest BCUT2D eigenvalue weighted by Gasteiger charge is -2.36. The fourth-order valence-corrected chi connectivity index (χ4v) is 11.0. The number of hydrogen-bond donors (Lipinski definition) is 3. The molecule has 1 unspecified atom stereocenters. The first-order valence-electron chi connectivity index (χ1n) is 25.2. The zero-order chi connectivity index (χ0) is 54.3. The Morgan fingerprint density at radius 1 is 0.883 bits per heavy atom. The number of rotatable bonds is 17. The minimum absolute atomic E-state index is 0.00318. The fourth-order valence-electron chi connectivity index (χ4n) is 10.4. The second-order valence-corrected chi connectivity index (χ2v) is 21.1. The van der Waals surface area contributed by atoms with Crippen LogP contribution in [0.3, 0.4) is 0 Å². The Balaban J connectivity index is 0.715. The Kier molecular flexibility index (Phi) is 14.7. The molecule has 4 aliphatic rings. The van der Waals surface area contributed by atoms with Crippen LogP contribution in [0.25, 0.3) is 33.3 Å². The van der Waals surface area contributed by atoms with Crippen molar-refractivity contribution >= 4 is 62.0 Å². The van der Waals surface area contributed by atoms with Crippen molar-refractivity contribution < 1.29 is 55.0 Å². The average Bonchev–Trinajstić information content (AvgIpc) is 4.18. The lowest BCUT2D eigenvalue weighted by Crippen LogP contribution is -2.54. The Labute approximate surface area is 440 Å². The molecule has 3 aromatic heterocycles. The molecule has 2 atom stereocenters. The van der Waals surface area contributed by atoms with Gasteiger partial charge in [-0.2, -0.15) is 19.0 Å². The third-order valence-electron chi connectivity index (χ3n) is 14.6. The van der Waals surface area contributed by atoms with Gasteiger partial charge in [-0.1, -0.05) is 24.3 Å². The monoisotopic (exact) mass is 1080 g/mol. The van der Waals surface area contributed by atoms with E-state index in [0.717, 1.165) is 55.9 Å². The maximum atomic E-state index is 13.7. The summed E-state index contributed by atoms with van der Waals surface area (Å²) in [5.74, 6) is -6.76. The van der Waals surface area contributed by atoms with Gasteiger partial charge in [-0.25, -0.2) is 17.8 Å². The summed E-state index contributed by atoms with van der Waals surface area (Å²) in [6.07, 6.45) is 7.43. The Morgan fingerprint density at radius 3 is 2.32 bits per heavy atom. The second-order valence-electron chi connectivity index (χ2n) is 19.5. The molecule has 0 saturated carbocycles. The van der Waals surface area contributed by atoms with Crippen LogP contribution < -0.4 is 25.2 Å². The van der Waals surface area contributed by atoms with Gasteiger partial charge in [-0.05, 0) is 87.7 Å². The molecule has 21 nitrogen and oxygen atoms in total. The molecule has 6 aromatic rings. The number of alkyl halides is 2. The fraction of sp³-hybridized carbons (Fsp3) is 0.385. The summed E-state index contributed by atoms with van der Waals surface area (Å²) in [5.41, 5.74) is 9.89. The van der Waals surface area contributed by atoms with Crippen LogP contribution in [-0.2, 0) is 31.5 Å². The number of fused-ring (bicyclic) bond motifs is 2. The molecule has 5 amide bonds. The number of sulfonamides is 1. The van der Waals surface area contributed by atoms with E-state index >= 15 is 0 Å². The molecular formula is C52H55F3N12O9S. The van der Waals surface area contributed by atoms with Gasteiger partial charge in [0.05, 0.1) is 40.0 Å². The Bertz CT molecular complexity index is 3390. The lowest BCUT2D eigenvalue weighted by molar-refractivity contribution is -0.136. The van der Waals surface area contributed by atoms with Gasteiger partial charge >= 0.3 is 5.76 Å². The maximum absolute atomic E-state index is 13.7. The number of piperazine rings is 1. The van der Waals surface area contributed by atoms with E-state index in [2.05, 4.69) is 20.1 Å². The van der Waals surface area contributed by atoms with Crippen molar-refractivity contribution in [3.63, 3.8) is 0 Å². The van der Waals surface area contributed by atoms with Gasteiger partial charge in [0.25, 0.3) is 27.7 Å². The standard InChI is InChI=1S/C52H55F3N12O9S/c1-30(31-7-10-34(53)11-8-31)76-41-25-32(9-12-38(41)61-77(73,74)52(54)55)46-45-47(62(2)60-46)37(27-57-48(45)56)33-26-58-66(28-33)35-15-19-63(20-16-35)17-4-18-64-21-23-65(24-22-64)43(69)29-75-40-6-3-5-36-44(40)51(72)67(50(36)71)39-13-14-42(68)59-49(39)70/h3,5-12,25-28,30,35,39,52,61H,4,13-24,29H2,1-2H3,(H2,56,57)(H,59,68,70)/t30-,39?/m0/s1. The summed E-state index contributed by atoms with van der Waals surface area (Å²) < 4.78 is 82.8. The number of imide groups is 2. The van der Waals surface area contributed by atoms with Gasteiger partial charge in [0.2, 0.25) is 11.8 Å². The van der Waals surface area contributed by atoms with Gasteiger partial charge in [-0.3, -0.25) is 53.2 Å². The smallest absolute Gasteiger partial charge is 0.355 e. The third-order valence-corrected chi connectivity index (χ3v) is 15.5. The molecule has 404 valence electrons. The van der Waals surface area contributed by atoms with Crippen LogP contribution in [0.2, 0.25) is 0 Å². The summed E-state index contributed by atoms with van der Waals surface area (Å²) in [6, 6.07) is 13.4. The number of nitrogens with one attached hydrogen (secondary N) is 2. The van der Waals surface area contributed by atoms with Crippen molar-refractivity contribution in [1.82, 2.24) is 49.5 Å². The highest BCUT2D eigenvalue weighted by atomic mass is 32.2. The number of ether oxygens (including phenoxy) is 2. The Morgan fingerprint density at radius 2 is 1.61 bits per heavy atom. The number of halogens is 3. The molecule has 0 spiro atoms. The number of anilines is 2. The number of likely N-dealkylation sites (tertiary alicyclic amines) is 1. The van der Waals surface area contributed by atoms with Crippen LogP contribution in [0.15, 0.2) is 79.3 Å². The number of aromatic nitrogens is 5. The van der Waals surface area contributed by atoms with Gasteiger partial charge in [0.1, 0.15) is 41.0 Å². The zero-order valence-electron chi connectivity index (χ0n) is 42.0. The van der Waals surface area contributed by atoms with E-state index in [1.54, 1.807) is 42.0 Å². The normalized spacial score (nSPS) is 18.3. The molecule has 3 fully saturated rings. The van der Waals surface area contributed by atoms with Gasteiger partial charge in [0, 0.05) is 81.8 Å². The molecule has 4 aliphatic heterocycles. The molecule has 0 bridgehead atoms. The molecule has 25 heteroatoms. The number of nitrogen functional groups attached to an aromatic ring is 1. The predicted molar refractivity (Wildman–Crippen MR) is 275 cm³/mol. The van der Waals surface area contributed by atoms with Crippen molar-refractivity contribution in [2.45, 2.75) is 63.0 Å². The van der Waals surface area contributed by atoms with E-state index < -0.39 is 57.4 Å². The molecule has 77 heavy (non-hydrogen) atoms. The van der Waals surface area contributed by atoms with Gasteiger partial charge in [-0.15, -0.1) is 0 Å². The number of benzene rings is 3. The number of piperidine rings is 2. The number of carbonyl (C=O) groups excluding carboxylic acids is 5. The molecule has 7 heterocycles. The predicted octanol–water partition coefficient (Wildman–Crippen LogP) is 4.98. The van der Waals surface area contributed by atoms with E-state index in [9.17, 15) is 45.6 Å². The minimum Gasteiger partial charge on any atom is -0.484 e. The summed E-state index contributed by atoms with van der Waals surface area (Å²) >= 11 is 0. The van der Waals surface area contributed by atoms with Crippen molar-refractivity contribution in [3.05, 3.63) is 102 Å². The number of nitrogens with zero attached hydrogens (tertiary/aromatic N) is 9. The summed E-state index contributed by atoms with van der Waals surface area (Å²) in [5, 5.41) is 12.2. The number of aryl methyl sites for hydroxylation is 1. The molecule has 0 radical (unpaired) electrons. The number of hydrogen-bond acceptors (Lipinski definition) is 15. The number of amides is 5. The van der Waals surface area contributed by atoms with E-state index in [1.165, 1.54) is 54.6 Å². The summed E-state index contributed by atoms with van der Waals surface area (Å²) in [6.45, 7) is 7.30. The topological polar surface area (TPSA) is 250 Å². The van der Waals surface area contributed by atoms with E-state index in [1.807, 2.05) is 15.6 Å². The molecule has 3 saturated heterocycles. The number of nitrogens with two attached hydrogens (primary N) is 1. The Hall–Kier alpha value is -7.90. The largest absolute Gasteiger partial charge is 0.484 e. The van der Waals surface area contributed by atoms with E-state index in [4.69, 9.17) is 25.4 Å². The number of pyridine rings is 1. The van der Waals surface area contributed by atoms with Crippen LogP contribution >= 0.6 is 0 Å². The first kappa shape index (κ1) is 52.5. The van der Waals surface area contributed by atoms with Crippen molar-refractivity contribution in [1.29, 1.82) is 0 Å². The van der Waals surface area contributed by atoms with Crippen molar-refractivity contribution in [3.8, 4) is 33.9 Å². The first-order valence-corrected chi connectivity index (χ1v) is 26.7. The quantitative estimate of drug-likeness (QED) is 0.102. The molecular weight excluding hydrogens is 1030 g/mol. The SMILES string of the molecule is C[C@H](Oc1cc(-c2nn(C)c3c(-c4cnn(C5CCN(CCCN6CCN(C(=O)COc7cccc8c7C(=O)N(C7CCC(=O)NC7=O)C8=O)CC6)CC5)c4)cnc(N)c23)ccc1NS(=O)(=O)C(F)F)c1ccc(F)cc1. The second kappa shape index (κ2) is 21.6. The minimum atomic E-state index is -5.07. The zero-order valence-corrected chi connectivity index (χ0v) is 42.8. The highest BCUT2D eigenvalue weighted by Gasteiger charge is 2.46. The van der Waals surface area contributed by atoms with E-state index in [-0.39, 0.29) is 65.5 Å². The summed E-state index contributed by atoms with van der Waals surface area (Å²) in [7, 11) is -3.32. The van der Waals surface area contributed by atoms with Crippen molar-refractivity contribution in [2.75, 3.05) is 69.4 Å². The molecule has 3 aromatic carbocycles. The van der Waals surface area contributed by atoms with Gasteiger partial charge in [0.15, 0.2) is 6.61 Å². The van der Waals surface area contributed by atoms with Crippen LogP contribution in [0.5, 0.6) is 11.5 Å². The summed E-state index contributed by atoms with van der Waals surface area (Å²) in [4.78, 5) is 76.0. The van der Waals surface area contributed by atoms with E-state index in [0.29, 0.717) is 59.5 Å². The molecule has 4 N–H and O–H groups in total. The first-order chi connectivity index (χ1) is 36.9. The van der Waals surface area contributed by atoms with Crippen LogP contribution in [-0.4, -0.2) is 153 Å². The lowest BCUT2D eigenvalue weighted by atomic mass is 10.0. The van der Waals surface area contributed by atoms with Crippen molar-refractivity contribution in [2.24, 2.45) is 7.05 Å². The highest BCUT2D eigenvalue weighted by molar-refractivity contribution is 7.93. The average molecular weight is 1080 g/mol. The third kappa shape index (κ3) is 10.8.